The van der Waals surface area contributed by atoms with E-state index >= 15 is 0 Å². The van der Waals surface area contributed by atoms with Crippen molar-refractivity contribution >= 4 is 15.9 Å². The molecule has 2 saturated heterocycles. The quantitative estimate of drug-likeness (QED) is 0.848. The first-order valence-electron chi connectivity index (χ1n) is 7.56. The zero-order chi connectivity index (χ0) is 15.7. The second kappa shape index (κ2) is 5.96. The van der Waals surface area contributed by atoms with Gasteiger partial charge in [-0.3, -0.25) is 4.79 Å². The molecule has 0 bridgehead atoms. The third-order valence-electron chi connectivity index (χ3n) is 4.33. The number of hydrogen-bond acceptors (Lipinski definition) is 3. The molecule has 1 aromatic rings. The highest BCUT2D eigenvalue weighted by molar-refractivity contribution is 7.89. The second-order valence-electron chi connectivity index (χ2n) is 5.76. The highest BCUT2D eigenvalue weighted by atomic mass is 32.2. The molecule has 5 nitrogen and oxygen atoms in total. The van der Waals surface area contributed by atoms with Crippen LogP contribution < -0.4 is 0 Å². The molecule has 2 aliphatic rings. The van der Waals surface area contributed by atoms with Gasteiger partial charge in [-0.1, -0.05) is 0 Å². The van der Waals surface area contributed by atoms with Crippen LogP contribution in [0.2, 0.25) is 0 Å². The molecule has 2 heterocycles. The van der Waals surface area contributed by atoms with Gasteiger partial charge in [0.25, 0.3) is 0 Å². The maximum absolute atomic E-state index is 13.0. The molecule has 0 radical (unpaired) electrons. The van der Waals surface area contributed by atoms with Crippen LogP contribution in [0.25, 0.3) is 0 Å². The van der Waals surface area contributed by atoms with E-state index < -0.39 is 21.9 Å². The van der Waals surface area contributed by atoms with Crippen LogP contribution in [-0.2, 0) is 14.8 Å². The van der Waals surface area contributed by atoms with Gasteiger partial charge in [0.1, 0.15) is 11.9 Å². The van der Waals surface area contributed by atoms with E-state index in [-0.39, 0.29) is 10.8 Å². The van der Waals surface area contributed by atoms with Crippen molar-refractivity contribution in [1.29, 1.82) is 0 Å². The van der Waals surface area contributed by atoms with Gasteiger partial charge < -0.3 is 4.90 Å². The molecule has 0 aliphatic carbocycles. The summed E-state index contributed by atoms with van der Waals surface area (Å²) >= 11 is 0. The SMILES string of the molecule is O=C(C1CCCN1S(=O)(=O)c1ccc(F)cc1)N1CCCC1. The number of amides is 1. The van der Waals surface area contributed by atoms with Crippen molar-refractivity contribution in [2.24, 2.45) is 0 Å². The first-order chi connectivity index (χ1) is 10.5. The molecule has 1 atom stereocenters. The summed E-state index contributed by atoms with van der Waals surface area (Å²) in [5.41, 5.74) is 0. The molecule has 1 amide bonds. The van der Waals surface area contributed by atoms with Crippen LogP contribution in [0, 0.1) is 5.82 Å². The molecule has 0 spiro atoms. The van der Waals surface area contributed by atoms with Crippen molar-refractivity contribution in [3.05, 3.63) is 30.1 Å². The van der Waals surface area contributed by atoms with E-state index in [1.165, 1.54) is 16.4 Å². The molecule has 1 aromatic carbocycles. The predicted molar refractivity (Wildman–Crippen MR) is 79.1 cm³/mol. The molecule has 0 aromatic heterocycles. The van der Waals surface area contributed by atoms with Gasteiger partial charge in [0.2, 0.25) is 15.9 Å². The van der Waals surface area contributed by atoms with E-state index in [9.17, 15) is 17.6 Å². The van der Waals surface area contributed by atoms with Crippen LogP contribution >= 0.6 is 0 Å². The van der Waals surface area contributed by atoms with Crippen molar-refractivity contribution in [2.45, 2.75) is 36.6 Å². The summed E-state index contributed by atoms with van der Waals surface area (Å²) in [6.45, 7) is 1.75. The summed E-state index contributed by atoms with van der Waals surface area (Å²) in [7, 11) is -3.76. The summed E-state index contributed by atoms with van der Waals surface area (Å²) in [4.78, 5) is 14.3. The third kappa shape index (κ3) is 2.75. The van der Waals surface area contributed by atoms with E-state index in [0.29, 0.717) is 32.5 Å². The lowest BCUT2D eigenvalue weighted by molar-refractivity contribution is -0.133. The van der Waals surface area contributed by atoms with Crippen molar-refractivity contribution < 1.29 is 17.6 Å². The van der Waals surface area contributed by atoms with E-state index in [2.05, 4.69) is 0 Å². The lowest BCUT2D eigenvalue weighted by Crippen LogP contribution is -2.46. The number of benzene rings is 1. The third-order valence-corrected chi connectivity index (χ3v) is 6.25. The first kappa shape index (κ1) is 15.4. The molecule has 120 valence electrons. The fraction of sp³-hybridized carbons (Fsp3) is 0.533. The summed E-state index contributed by atoms with van der Waals surface area (Å²) in [6.07, 6.45) is 3.17. The maximum atomic E-state index is 13.0. The highest BCUT2D eigenvalue weighted by Crippen LogP contribution is 2.28. The van der Waals surface area contributed by atoms with Gasteiger partial charge in [-0.05, 0) is 49.9 Å². The molecule has 22 heavy (non-hydrogen) atoms. The number of sulfonamides is 1. The lowest BCUT2D eigenvalue weighted by atomic mass is 10.2. The average Bonchev–Trinajstić information content (AvgIpc) is 3.19. The Labute approximate surface area is 129 Å². The number of halogens is 1. The molecule has 1 unspecified atom stereocenters. The standard InChI is InChI=1S/C15H19FN2O3S/c16-12-5-7-13(8-6-12)22(20,21)18-11-3-4-14(18)15(19)17-9-1-2-10-17/h5-8,14H,1-4,9-11H2. The minimum Gasteiger partial charge on any atom is -0.341 e. The molecule has 7 heteroatoms. The molecule has 0 N–H and O–H groups in total. The molecule has 2 aliphatic heterocycles. The van der Waals surface area contributed by atoms with Crippen molar-refractivity contribution in [3.8, 4) is 0 Å². The van der Waals surface area contributed by atoms with Gasteiger partial charge in [-0.25, -0.2) is 12.8 Å². The Morgan fingerprint density at radius 1 is 1.05 bits per heavy atom. The van der Waals surface area contributed by atoms with E-state index in [4.69, 9.17) is 0 Å². The molecule has 3 rings (SSSR count). The van der Waals surface area contributed by atoms with Gasteiger partial charge in [0.05, 0.1) is 4.90 Å². The number of hydrogen-bond donors (Lipinski definition) is 0. The number of likely N-dealkylation sites (tertiary alicyclic amines) is 1. The van der Waals surface area contributed by atoms with Gasteiger partial charge in [0, 0.05) is 19.6 Å². The Hall–Kier alpha value is -1.47. The zero-order valence-electron chi connectivity index (χ0n) is 12.2. The summed E-state index contributed by atoms with van der Waals surface area (Å²) in [6, 6.07) is 4.13. The number of rotatable bonds is 3. The van der Waals surface area contributed by atoms with Crippen molar-refractivity contribution in [2.75, 3.05) is 19.6 Å². The Bertz CT molecular complexity index is 654. The fourth-order valence-corrected chi connectivity index (χ4v) is 4.82. The average molecular weight is 326 g/mol. The van der Waals surface area contributed by atoms with Crippen LogP contribution in [0.3, 0.4) is 0 Å². The Balaban J connectivity index is 1.85. The van der Waals surface area contributed by atoms with Gasteiger partial charge >= 0.3 is 0 Å². The largest absolute Gasteiger partial charge is 0.341 e. The van der Waals surface area contributed by atoms with Crippen LogP contribution in [0.15, 0.2) is 29.2 Å². The van der Waals surface area contributed by atoms with E-state index in [0.717, 1.165) is 25.0 Å². The zero-order valence-corrected chi connectivity index (χ0v) is 13.1. The van der Waals surface area contributed by atoms with Crippen LogP contribution in [0.1, 0.15) is 25.7 Å². The minimum absolute atomic E-state index is 0.0371. The lowest BCUT2D eigenvalue weighted by Gasteiger charge is -2.27. The monoisotopic (exact) mass is 326 g/mol. The Kier molecular flexibility index (Phi) is 4.18. The number of nitrogens with zero attached hydrogens (tertiary/aromatic N) is 2. The van der Waals surface area contributed by atoms with Gasteiger partial charge in [-0.15, -0.1) is 0 Å². The number of carbonyl (C=O) groups is 1. The number of carbonyl (C=O) groups excluding carboxylic acids is 1. The Morgan fingerprint density at radius 2 is 1.68 bits per heavy atom. The highest BCUT2D eigenvalue weighted by Gasteiger charge is 2.41. The van der Waals surface area contributed by atoms with Crippen LogP contribution in [0.4, 0.5) is 4.39 Å². The van der Waals surface area contributed by atoms with E-state index in [1.54, 1.807) is 4.90 Å². The first-order valence-corrected chi connectivity index (χ1v) is 9.00. The van der Waals surface area contributed by atoms with Crippen molar-refractivity contribution in [3.63, 3.8) is 0 Å². The van der Waals surface area contributed by atoms with Crippen LogP contribution in [-0.4, -0.2) is 49.2 Å². The van der Waals surface area contributed by atoms with E-state index in [1.807, 2.05) is 0 Å². The molecular weight excluding hydrogens is 307 g/mol. The predicted octanol–water partition coefficient (Wildman–Crippen LogP) is 1.60. The smallest absolute Gasteiger partial charge is 0.243 e. The molecule has 0 saturated carbocycles. The van der Waals surface area contributed by atoms with Gasteiger partial charge in [-0.2, -0.15) is 4.31 Å². The maximum Gasteiger partial charge on any atom is 0.243 e. The normalized spacial score (nSPS) is 23.1. The summed E-state index contributed by atoms with van der Waals surface area (Å²) in [5.74, 6) is -0.578. The summed E-state index contributed by atoms with van der Waals surface area (Å²) in [5, 5.41) is 0. The fourth-order valence-electron chi connectivity index (χ4n) is 3.16. The Morgan fingerprint density at radius 3 is 2.32 bits per heavy atom. The minimum atomic E-state index is -3.76. The van der Waals surface area contributed by atoms with Crippen LogP contribution in [0.5, 0.6) is 0 Å². The van der Waals surface area contributed by atoms with Gasteiger partial charge in [0.15, 0.2) is 0 Å². The topological polar surface area (TPSA) is 57.7 Å². The summed E-state index contributed by atoms with van der Waals surface area (Å²) < 4.78 is 39.7. The molecule has 2 fully saturated rings. The molecular formula is C15H19FN2O3S. The van der Waals surface area contributed by atoms with Crippen molar-refractivity contribution in [1.82, 2.24) is 9.21 Å². The second-order valence-corrected chi connectivity index (χ2v) is 7.65.